The molecule has 1 heterocycles. The number of halogens is 1. The second kappa shape index (κ2) is 6.41. The van der Waals surface area contributed by atoms with Gasteiger partial charge in [0.1, 0.15) is 0 Å². The molecule has 0 aliphatic heterocycles. The molecule has 1 aliphatic rings. The lowest BCUT2D eigenvalue weighted by Crippen LogP contribution is -2.30. The lowest BCUT2D eigenvalue weighted by molar-refractivity contribution is 0.313. The summed E-state index contributed by atoms with van der Waals surface area (Å²) < 4.78 is 0.955. The quantitative estimate of drug-likeness (QED) is 0.876. The third-order valence-electron chi connectivity index (χ3n) is 3.92. The third kappa shape index (κ3) is 3.16. The molecule has 1 fully saturated rings. The SMILES string of the molecule is CCC(Nc1c(N)cncc1Br)C1CCCCC1. The van der Waals surface area contributed by atoms with Gasteiger partial charge >= 0.3 is 0 Å². The van der Waals surface area contributed by atoms with Crippen LogP contribution in [-0.2, 0) is 0 Å². The first-order chi connectivity index (χ1) is 8.72. The highest BCUT2D eigenvalue weighted by Crippen LogP contribution is 2.33. The van der Waals surface area contributed by atoms with Crippen molar-refractivity contribution in [3.63, 3.8) is 0 Å². The second-order valence-corrected chi connectivity index (χ2v) is 6.00. The summed E-state index contributed by atoms with van der Waals surface area (Å²) in [5, 5.41) is 3.62. The molecule has 1 saturated carbocycles. The fourth-order valence-corrected chi connectivity index (χ4v) is 3.34. The second-order valence-electron chi connectivity index (χ2n) is 5.14. The molecular formula is C14H22BrN3. The van der Waals surface area contributed by atoms with Crippen molar-refractivity contribution >= 4 is 27.3 Å². The van der Waals surface area contributed by atoms with Gasteiger partial charge in [-0.2, -0.15) is 0 Å². The van der Waals surface area contributed by atoms with Crippen LogP contribution < -0.4 is 11.1 Å². The zero-order valence-corrected chi connectivity index (χ0v) is 12.5. The van der Waals surface area contributed by atoms with E-state index in [4.69, 9.17) is 5.73 Å². The molecule has 3 nitrogen and oxygen atoms in total. The van der Waals surface area contributed by atoms with E-state index in [1.54, 1.807) is 12.4 Å². The smallest absolute Gasteiger partial charge is 0.0752 e. The zero-order valence-electron chi connectivity index (χ0n) is 11.0. The number of hydrogen-bond acceptors (Lipinski definition) is 3. The largest absolute Gasteiger partial charge is 0.396 e. The highest BCUT2D eigenvalue weighted by molar-refractivity contribution is 9.10. The predicted molar refractivity (Wildman–Crippen MR) is 80.6 cm³/mol. The first-order valence-corrected chi connectivity index (χ1v) is 7.67. The van der Waals surface area contributed by atoms with E-state index in [2.05, 4.69) is 33.2 Å². The maximum Gasteiger partial charge on any atom is 0.0752 e. The Kier molecular flexibility index (Phi) is 4.87. The summed E-state index contributed by atoms with van der Waals surface area (Å²) in [4.78, 5) is 4.08. The lowest BCUT2D eigenvalue weighted by Gasteiger charge is -2.31. The van der Waals surface area contributed by atoms with Gasteiger partial charge in [-0.15, -0.1) is 0 Å². The zero-order chi connectivity index (χ0) is 13.0. The molecule has 1 atom stereocenters. The summed E-state index contributed by atoms with van der Waals surface area (Å²) >= 11 is 3.52. The molecule has 18 heavy (non-hydrogen) atoms. The highest BCUT2D eigenvalue weighted by atomic mass is 79.9. The van der Waals surface area contributed by atoms with Crippen molar-refractivity contribution < 1.29 is 0 Å². The van der Waals surface area contributed by atoms with Crippen LogP contribution in [-0.4, -0.2) is 11.0 Å². The molecule has 1 unspecified atom stereocenters. The molecule has 0 saturated heterocycles. The monoisotopic (exact) mass is 311 g/mol. The molecule has 100 valence electrons. The summed E-state index contributed by atoms with van der Waals surface area (Å²) in [5.41, 5.74) is 7.72. The van der Waals surface area contributed by atoms with E-state index < -0.39 is 0 Å². The molecule has 1 aliphatic carbocycles. The van der Waals surface area contributed by atoms with E-state index in [0.717, 1.165) is 28.2 Å². The van der Waals surface area contributed by atoms with Crippen molar-refractivity contribution in [2.45, 2.75) is 51.5 Å². The summed E-state index contributed by atoms with van der Waals surface area (Å²) in [7, 11) is 0. The molecule has 0 spiro atoms. The number of nitrogens with one attached hydrogen (secondary N) is 1. The van der Waals surface area contributed by atoms with Crippen LogP contribution in [0, 0.1) is 5.92 Å². The molecule has 0 aromatic carbocycles. The number of aromatic nitrogens is 1. The Morgan fingerprint density at radius 1 is 1.39 bits per heavy atom. The van der Waals surface area contributed by atoms with Gasteiger partial charge in [-0.05, 0) is 41.1 Å². The van der Waals surface area contributed by atoms with Crippen molar-refractivity contribution in [2.24, 2.45) is 5.92 Å². The van der Waals surface area contributed by atoms with Crippen LogP contribution in [0.25, 0.3) is 0 Å². The molecule has 4 heteroatoms. The van der Waals surface area contributed by atoms with E-state index in [1.807, 2.05) is 0 Å². The fourth-order valence-electron chi connectivity index (χ4n) is 2.88. The molecule has 3 N–H and O–H groups in total. The number of anilines is 2. The highest BCUT2D eigenvalue weighted by Gasteiger charge is 2.23. The topological polar surface area (TPSA) is 50.9 Å². The molecule has 0 bridgehead atoms. The van der Waals surface area contributed by atoms with Crippen LogP contribution in [0.1, 0.15) is 45.4 Å². The summed E-state index contributed by atoms with van der Waals surface area (Å²) in [5.74, 6) is 0.781. The minimum absolute atomic E-state index is 0.520. The van der Waals surface area contributed by atoms with Crippen molar-refractivity contribution in [3.8, 4) is 0 Å². The summed E-state index contributed by atoms with van der Waals surface area (Å²) in [6.07, 6.45) is 11.5. The van der Waals surface area contributed by atoms with Crippen LogP contribution in [0.3, 0.4) is 0 Å². The average molecular weight is 312 g/mol. The molecular weight excluding hydrogens is 290 g/mol. The number of pyridine rings is 1. The number of nitrogens with zero attached hydrogens (tertiary/aromatic N) is 1. The van der Waals surface area contributed by atoms with Crippen LogP contribution in [0.5, 0.6) is 0 Å². The van der Waals surface area contributed by atoms with Gasteiger partial charge in [-0.3, -0.25) is 4.98 Å². The first-order valence-electron chi connectivity index (χ1n) is 6.88. The minimum atomic E-state index is 0.520. The first kappa shape index (κ1) is 13.7. The van der Waals surface area contributed by atoms with Crippen molar-refractivity contribution in [1.82, 2.24) is 4.98 Å². The van der Waals surface area contributed by atoms with Crippen LogP contribution in [0.4, 0.5) is 11.4 Å². The molecule has 2 rings (SSSR count). The van der Waals surface area contributed by atoms with Crippen molar-refractivity contribution in [1.29, 1.82) is 0 Å². The van der Waals surface area contributed by atoms with Gasteiger partial charge < -0.3 is 11.1 Å². The van der Waals surface area contributed by atoms with Gasteiger partial charge in [-0.25, -0.2) is 0 Å². The minimum Gasteiger partial charge on any atom is -0.396 e. The van der Waals surface area contributed by atoms with Gasteiger partial charge in [0.2, 0.25) is 0 Å². The maximum absolute atomic E-state index is 6.00. The van der Waals surface area contributed by atoms with Crippen LogP contribution in [0.2, 0.25) is 0 Å². The van der Waals surface area contributed by atoms with Gasteiger partial charge in [0.05, 0.1) is 22.0 Å². The molecule has 0 radical (unpaired) electrons. The number of hydrogen-bond donors (Lipinski definition) is 2. The van der Waals surface area contributed by atoms with Crippen LogP contribution >= 0.6 is 15.9 Å². The maximum atomic E-state index is 6.00. The van der Waals surface area contributed by atoms with E-state index in [9.17, 15) is 0 Å². The van der Waals surface area contributed by atoms with Crippen LogP contribution in [0.15, 0.2) is 16.9 Å². The van der Waals surface area contributed by atoms with E-state index in [1.165, 1.54) is 32.1 Å². The third-order valence-corrected chi connectivity index (χ3v) is 4.52. The Morgan fingerprint density at radius 2 is 2.11 bits per heavy atom. The Balaban J connectivity index is 2.09. The Labute approximate surface area is 118 Å². The Morgan fingerprint density at radius 3 is 2.72 bits per heavy atom. The van der Waals surface area contributed by atoms with Gasteiger partial charge in [-0.1, -0.05) is 26.2 Å². The molecule has 0 amide bonds. The molecule has 1 aromatic rings. The Bertz CT molecular complexity index is 368. The average Bonchev–Trinajstić information content (AvgIpc) is 2.40. The number of nitrogens with two attached hydrogens (primary N) is 1. The summed E-state index contributed by atoms with van der Waals surface area (Å²) in [6.45, 7) is 2.25. The number of nitrogen functional groups attached to an aromatic ring is 1. The Hall–Kier alpha value is -0.770. The van der Waals surface area contributed by atoms with E-state index in [-0.39, 0.29) is 0 Å². The van der Waals surface area contributed by atoms with Gasteiger partial charge in [0, 0.05) is 12.2 Å². The van der Waals surface area contributed by atoms with E-state index in [0.29, 0.717) is 6.04 Å². The van der Waals surface area contributed by atoms with Gasteiger partial charge in [0.15, 0.2) is 0 Å². The van der Waals surface area contributed by atoms with Crippen molar-refractivity contribution in [2.75, 3.05) is 11.1 Å². The standard InChI is InChI=1S/C14H22BrN3/c1-2-13(10-6-4-3-5-7-10)18-14-11(15)8-17-9-12(14)16/h8-10,13H,2-7,16H2,1H3,(H,17,18). The number of rotatable bonds is 4. The lowest BCUT2D eigenvalue weighted by atomic mass is 9.83. The van der Waals surface area contributed by atoms with Crippen molar-refractivity contribution in [3.05, 3.63) is 16.9 Å². The fraction of sp³-hybridized carbons (Fsp3) is 0.643. The summed E-state index contributed by atoms with van der Waals surface area (Å²) in [6, 6.07) is 0.520. The molecule has 1 aromatic heterocycles. The van der Waals surface area contributed by atoms with Gasteiger partial charge in [0.25, 0.3) is 0 Å². The normalized spacial score (nSPS) is 18.6. The predicted octanol–water partition coefficient (Wildman–Crippen LogP) is 4.20. The van der Waals surface area contributed by atoms with E-state index >= 15 is 0 Å².